The summed E-state index contributed by atoms with van der Waals surface area (Å²) in [5.74, 6) is -1.03. The number of likely N-dealkylation sites (N-methyl/N-ethyl adjacent to an activating group) is 1. The van der Waals surface area contributed by atoms with Gasteiger partial charge in [-0.25, -0.2) is 4.98 Å². The highest BCUT2D eigenvalue weighted by molar-refractivity contribution is 7.13. The molecular weight excluding hydrogens is 350 g/mol. The van der Waals surface area contributed by atoms with Crippen molar-refractivity contribution in [3.8, 4) is 10.4 Å². The van der Waals surface area contributed by atoms with Crippen LogP contribution in [0.3, 0.4) is 0 Å². The van der Waals surface area contributed by atoms with Gasteiger partial charge in [-0.3, -0.25) is 14.5 Å². The van der Waals surface area contributed by atoms with Gasteiger partial charge in [-0.05, 0) is 44.5 Å². The monoisotopic (exact) mass is 373 g/mol. The molecule has 0 aliphatic carbocycles. The zero-order valence-corrected chi connectivity index (χ0v) is 15.8. The molecule has 1 amide bonds. The average Bonchev–Trinajstić information content (AvgIpc) is 3.22. The maximum atomic E-state index is 12.6. The molecule has 0 saturated carbocycles. The van der Waals surface area contributed by atoms with Gasteiger partial charge in [-0.2, -0.15) is 0 Å². The number of carboxylic acids is 1. The zero-order chi connectivity index (χ0) is 18.7. The molecule has 1 aliphatic rings. The van der Waals surface area contributed by atoms with Gasteiger partial charge in [0, 0.05) is 0 Å². The molecule has 2 aromatic rings. The number of carbonyl (C=O) groups is 2. The molecule has 1 aliphatic heterocycles. The predicted octanol–water partition coefficient (Wildman–Crippen LogP) is 2.84. The zero-order valence-electron chi connectivity index (χ0n) is 14.9. The number of aromatic nitrogens is 1. The summed E-state index contributed by atoms with van der Waals surface area (Å²) in [4.78, 5) is 31.2. The van der Waals surface area contributed by atoms with E-state index in [2.05, 4.69) is 10.3 Å². The molecule has 2 heterocycles. The van der Waals surface area contributed by atoms with Crippen LogP contribution in [0.4, 0.5) is 0 Å². The Morgan fingerprint density at radius 3 is 2.65 bits per heavy atom. The average molecular weight is 373 g/mol. The van der Waals surface area contributed by atoms with Gasteiger partial charge in [0.15, 0.2) is 0 Å². The van der Waals surface area contributed by atoms with Crippen molar-refractivity contribution in [2.24, 2.45) is 0 Å². The number of benzene rings is 1. The van der Waals surface area contributed by atoms with Gasteiger partial charge in [0.25, 0.3) is 0 Å². The summed E-state index contributed by atoms with van der Waals surface area (Å²) in [6, 6.07) is 6.98. The first-order chi connectivity index (χ1) is 12.5. The molecule has 2 atom stereocenters. The summed E-state index contributed by atoms with van der Waals surface area (Å²) in [6.07, 6.45) is 1.66. The second kappa shape index (κ2) is 7.97. The van der Waals surface area contributed by atoms with E-state index < -0.39 is 12.0 Å². The Kier molecular flexibility index (Phi) is 5.68. The van der Waals surface area contributed by atoms with E-state index in [-0.39, 0.29) is 18.4 Å². The smallest absolute Gasteiger partial charge is 0.305 e. The topological polar surface area (TPSA) is 82.5 Å². The lowest BCUT2D eigenvalue weighted by Gasteiger charge is -2.23. The van der Waals surface area contributed by atoms with Crippen LogP contribution in [0.5, 0.6) is 0 Å². The molecule has 0 spiro atoms. The first kappa shape index (κ1) is 18.5. The molecule has 0 bridgehead atoms. The van der Waals surface area contributed by atoms with E-state index in [1.807, 2.05) is 48.6 Å². The third-order valence-electron chi connectivity index (χ3n) is 4.84. The molecule has 1 fully saturated rings. The molecule has 6 nitrogen and oxygen atoms in total. The second-order valence-electron chi connectivity index (χ2n) is 6.69. The minimum atomic E-state index is -0.933. The summed E-state index contributed by atoms with van der Waals surface area (Å²) >= 11 is 1.57. The third-order valence-corrected chi connectivity index (χ3v) is 5.82. The first-order valence-electron chi connectivity index (χ1n) is 8.68. The molecule has 3 rings (SSSR count). The van der Waals surface area contributed by atoms with Gasteiger partial charge < -0.3 is 10.4 Å². The van der Waals surface area contributed by atoms with E-state index in [4.69, 9.17) is 0 Å². The minimum absolute atomic E-state index is 0.0985. The predicted molar refractivity (Wildman–Crippen MR) is 101 cm³/mol. The number of aryl methyl sites for hydroxylation is 1. The van der Waals surface area contributed by atoms with E-state index in [9.17, 15) is 14.7 Å². The highest BCUT2D eigenvalue weighted by atomic mass is 32.1. The lowest BCUT2D eigenvalue weighted by atomic mass is 10.0. The van der Waals surface area contributed by atoms with Gasteiger partial charge in [0.05, 0.1) is 34.6 Å². The fourth-order valence-corrected chi connectivity index (χ4v) is 4.19. The number of carboxylic acid groups (broad SMARTS) is 1. The number of thiazole rings is 1. The number of likely N-dealkylation sites (tertiary alicyclic amines) is 1. The second-order valence-corrected chi connectivity index (χ2v) is 7.54. The van der Waals surface area contributed by atoms with Gasteiger partial charge in [0.1, 0.15) is 0 Å². The van der Waals surface area contributed by atoms with Crippen LogP contribution in [0.2, 0.25) is 0 Å². The van der Waals surface area contributed by atoms with Crippen LogP contribution in [0.25, 0.3) is 10.4 Å². The van der Waals surface area contributed by atoms with Crippen molar-refractivity contribution in [3.63, 3.8) is 0 Å². The highest BCUT2D eigenvalue weighted by Gasteiger charge is 2.30. The van der Waals surface area contributed by atoms with E-state index in [0.717, 1.165) is 41.1 Å². The fourth-order valence-electron chi connectivity index (χ4n) is 3.38. The van der Waals surface area contributed by atoms with Crippen LogP contribution in [-0.4, -0.2) is 46.5 Å². The van der Waals surface area contributed by atoms with E-state index in [0.29, 0.717) is 0 Å². The van der Waals surface area contributed by atoms with Crippen molar-refractivity contribution in [1.29, 1.82) is 0 Å². The molecule has 0 radical (unpaired) electrons. The Labute approximate surface area is 156 Å². The van der Waals surface area contributed by atoms with Crippen molar-refractivity contribution in [1.82, 2.24) is 15.2 Å². The number of hydrogen-bond acceptors (Lipinski definition) is 5. The minimum Gasteiger partial charge on any atom is -0.481 e. The van der Waals surface area contributed by atoms with Gasteiger partial charge in [-0.15, -0.1) is 11.3 Å². The molecule has 1 saturated heterocycles. The number of nitrogens with zero attached hydrogens (tertiary/aromatic N) is 2. The molecular formula is C19H23N3O3S. The maximum absolute atomic E-state index is 12.6. The van der Waals surface area contributed by atoms with E-state index in [1.165, 1.54) is 0 Å². The number of rotatable bonds is 6. The van der Waals surface area contributed by atoms with E-state index >= 15 is 0 Å². The van der Waals surface area contributed by atoms with Gasteiger partial charge >= 0.3 is 5.97 Å². The Morgan fingerprint density at radius 1 is 1.38 bits per heavy atom. The summed E-state index contributed by atoms with van der Waals surface area (Å²) < 4.78 is 0. The van der Waals surface area contributed by atoms with Crippen molar-refractivity contribution < 1.29 is 14.7 Å². The maximum Gasteiger partial charge on any atom is 0.305 e. The van der Waals surface area contributed by atoms with Crippen LogP contribution >= 0.6 is 11.3 Å². The molecule has 26 heavy (non-hydrogen) atoms. The van der Waals surface area contributed by atoms with Gasteiger partial charge in [0.2, 0.25) is 5.91 Å². The third kappa shape index (κ3) is 4.11. The SMILES string of the molecule is Cc1ncsc1-c1ccc(C(CC(=O)O)NC(=O)C2CCCN2C)cc1. The lowest BCUT2D eigenvalue weighted by molar-refractivity contribution is -0.138. The number of amides is 1. The first-order valence-corrected chi connectivity index (χ1v) is 9.56. The summed E-state index contributed by atoms with van der Waals surface area (Å²) in [5.41, 5.74) is 4.63. The van der Waals surface area contributed by atoms with Crippen LogP contribution in [0.1, 0.15) is 36.6 Å². The highest BCUT2D eigenvalue weighted by Crippen LogP contribution is 2.29. The van der Waals surface area contributed by atoms with Crippen molar-refractivity contribution >= 4 is 23.2 Å². The Balaban J connectivity index is 1.78. The molecule has 1 aromatic carbocycles. The Morgan fingerprint density at radius 2 is 2.12 bits per heavy atom. The Bertz CT molecular complexity index is 788. The molecule has 2 N–H and O–H groups in total. The summed E-state index contributed by atoms with van der Waals surface area (Å²) in [6.45, 7) is 2.86. The van der Waals surface area contributed by atoms with Crippen LogP contribution in [0, 0.1) is 6.92 Å². The molecule has 138 valence electrons. The molecule has 2 unspecified atom stereocenters. The van der Waals surface area contributed by atoms with E-state index in [1.54, 1.807) is 11.3 Å². The Hall–Kier alpha value is -2.25. The van der Waals surface area contributed by atoms with Crippen LogP contribution in [0.15, 0.2) is 29.8 Å². The lowest BCUT2D eigenvalue weighted by Crippen LogP contribution is -2.43. The molecule has 7 heteroatoms. The van der Waals surface area contributed by atoms with Crippen molar-refractivity contribution in [3.05, 3.63) is 41.0 Å². The van der Waals surface area contributed by atoms with Crippen LogP contribution < -0.4 is 5.32 Å². The quantitative estimate of drug-likeness (QED) is 0.814. The van der Waals surface area contributed by atoms with Gasteiger partial charge in [-0.1, -0.05) is 24.3 Å². The fraction of sp³-hybridized carbons (Fsp3) is 0.421. The largest absolute Gasteiger partial charge is 0.481 e. The molecule has 1 aromatic heterocycles. The number of nitrogens with one attached hydrogen (secondary N) is 1. The normalized spacial score (nSPS) is 18.6. The summed E-state index contributed by atoms with van der Waals surface area (Å²) in [7, 11) is 1.93. The number of carbonyl (C=O) groups excluding carboxylic acids is 1. The van der Waals surface area contributed by atoms with Crippen molar-refractivity contribution in [2.75, 3.05) is 13.6 Å². The standard InChI is InChI=1S/C19H23N3O3S/c1-12-18(26-11-20-12)14-7-5-13(6-8-14)15(10-17(23)24)21-19(25)16-4-3-9-22(16)2/h5-8,11,15-16H,3-4,9-10H2,1-2H3,(H,21,25)(H,23,24). The number of aliphatic carboxylic acids is 1. The van der Waals surface area contributed by atoms with Crippen molar-refractivity contribution in [2.45, 2.75) is 38.3 Å². The van der Waals surface area contributed by atoms with Crippen LogP contribution in [-0.2, 0) is 9.59 Å². The number of hydrogen-bond donors (Lipinski definition) is 2. The summed E-state index contributed by atoms with van der Waals surface area (Å²) in [5, 5.41) is 12.2.